The summed E-state index contributed by atoms with van der Waals surface area (Å²) in [4.78, 5) is 35.3. The van der Waals surface area contributed by atoms with E-state index in [1.54, 1.807) is 13.3 Å². The summed E-state index contributed by atoms with van der Waals surface area (Å²) in [5, 5.41) is 3.27. The number of fused-ring (bicyclic) bond motifs is 1. The Hall–Kier alpha value is -4.71. The number of carbonyl (C=O) groups excluding carboxylic acids is 2. The van der Waals surface area contributed by atoms with Gasteiger partial charge in [0, 0.05) is 47.7 Å². The largest absolute Gasteiger partial charge is 0.496 e. The highest BCUT2D eigenvalue weighted by atomic mass is 16.5. The van der Waals surface area contributed by atoms with E-state index in [9.17, 15) is 9.59 Å². The van der Waals surface area contributed by atoms with E-state index in [1.165, 1.54) is 16.7 Å². The number of ether oxygens (including phenoxy) is 1. The fraction of sp³-hybridized carbons (Fsp3) is 0.270. The molecule has 2 heterocycles. The zero-order chi connectivity index (χ0) is 29.6. The molecule has 4 atom stereocenters. The number of carbonyl (C=O) groups is 2. The van der Waals surface area contributed by atoms with Crippen molar-refractivity contribution in [1.82, 2.24) is 15.2 Å². The number of amides is 2. The smallest absolute Gasteiger partial charge is 0.254 e. The van der Waals surface area contributed by atoms with Crippen molar-refractivity contribution in [1.29, 1.82) is 0 Å². The molecule has 1 N–H and O–H groups in total. The number of pyridine rings is 1. The van der Waals surface area contributed by atoms with Gasteiger partial charge in [0.25, 0.3) is 5.91 Å². The molecular weight excluding hydrogens is 534 g/mol. The first-order valence-electron chi connectivity index (χ1n) is 15.0. The molecule has 2 amide bonds. The second-order valence-electron chi connectivity index (χ2n) is 12.0. The fourth-order valence-electron chi connectivity index (χ4n) is 8.41. The van der Waals surface area contributed by atoms with Gasteiger partial charge in [-0.2, -0.15) is 0 Å². The molecule has 43 heavy (non-hydrogen) atoms. The van der Waals surface area contributed by atoms with E-state index < -0.39 is 10.8 Å². The first-order chi connectivity index (χ1) is 21.0. The zero-order valence-corrected chi connectivity index (χ0v) is 24.3. The highest BCUT2D eigenvalue weighted by molar-refractivity contribution is 6.19. The maximum absolute atomic E-state index is 14.7. The molecule has 4 aromatic rings. The number of nitrogens with one attached hydrogen (secondary N) is 1. The fourth-order valence-corrected chi connectivity index (χ4v) is 8.41. The average Bonchev–Trinajstić information content (AvgIpc) is 3.51. The lowest BCUT2D eigenvalue weighted by Crippen LogP contribution is -2.62. The Morgan fingerprint density at radius 2 is 1.72 bits per heavy atom. The molecule has 2 bridgehead atoms. The Morgan fingerprint density at radius 3 is 2.51 bits per heavy atom. The summed E-state index contributed by atoms with van der Waals surface area (Å²) >= 11 is 0. The van der Waals surface area contributed by atoms with Crippen LogP contribution < -0.4 is 10.1 Å². The molecule has 216 valence electrons. The molecule has 2 fully saturated rings. The van der Waals surface area contributed by atoms with Gasteiger partial charge in [-0.1, -0.05) is 85.4 Å². The monoisotopic (exact) mass is 569 g/mol. The molecule has 0 unspecified atom stereocenters. The molecule has 3 aliphatic carbocycles. The van der Waals surface area contributed by atoms with Crippen molar-refractivity contribution < 1.29 is 14.3 Å². The first-order valence-corrected chi connectivity index (χ1v) is 15.0. The number of para-hydroxylation sites is 1. The van der Waals surface area contributed by atoms with E-state index in [0.717, 1.165) is 18.5 Å². The van der Waals surface area contributed by atoms with Crippen LogP contribution in [0.15, 0.2) is 110 Å². The van der Waals surface area contributed by atoms with Gasteiger partial charge in [-0.15, -0.1) is 0 Å². The van der Waals surface area contributed by atoms with E-state index in [-0.39, 0.29) is 23.7 Å². The minimum absolute atomic E-state index is 0.0131. The Bertz CT molecular complexity index is 1700. The summed E-state index contributed by atoms with van der Waals surface area (Å²) < 4.78 is 5.56. The van der Waals surface area contributed by atoms with Crippen LogP contribution in [0.25, 0.3) is 5.57 Å². The predicted molar refractivity (Wildman–Crippen MR) is 166 cm³/mol. The van der Waals surface area contributed by atoms with Gasteiger partial charge in [-0.05, 0) is 47.7 Å². The maximum Gasteiger partial charge on any atom is 0.254 e. The topological polar surface area (TPSA) is 71.5 Å². The number of nitrogens with zero attached hydrogens (tertiary/aromatic N) is 2. The quantitative estimate of drug-likeness (QED) is 0.288. The van der Waals surface area contributed by atoms with Crippen LogP contribution in [0.4, 0.5) is 0 Å². The highest BCUT2D eigenvalue weighted by Crippen LogP contribution is 2.69. The standard InChI is InChI=1S/C37H35N3O3/c1-25(28-15-7-9-18-32(28)43-2)34(41)40-23-33-36(26-12-4-3-5-13-26)20-19-31(29-16-6-8-17-30(29)36)37(33,24-40)35(42)39-22-27-14-10-11-21-38-27/h3-18,21,31,33H,1,19-20,22-24H2,2H3,(H,39,42)/t31-,33+,36-,37+/m1/s1. The maximum atomic E-state index is 14.7. The number of aromatic nitrogens is 1. The summed E-state index contributed by atoms with van der Waals surface area (Å²) in [5.74, 6) is 0.298. The van der Waals surface area contributed by atoms with Crippen LogP contribution in [0.3, 0.4) is 0 Å². The molecule has 3 aromatic carbocycles. The third-order valence-corrected chi connectivity index (χ3v) is 10.2. The van der Waals surface area contributed by atoms with E-state index >= 15 is 0 Å². The normalized spacial score (nSPS) is 25.0. The molecule has 1 aromatic heterocycles. The second-order valence-corrected chi connectivity index (χ2v) is 12.0. The molecule has 4 aliphatic rings. The van der Waals surface area contributed by atoms with Crippen LogP contribution in [0.1, 0.15) is 46.7 Å². The first kappa shape index (κ1) is 27.1. The van der Waals surface area contributed by atoms with Crippen molar-refractivity contribution in [3.63, 3.8) is 0 Å². The minimum Gasteiger partial charge on any atom is -0.496 e. The third kappa shape index (κ3) is 4.03. The van der Waals surface area contributed by atoms with Gasteiger partial charge in [0.2, 0.25) is 5.91 Å². The van der Waals surface area contributed by atoms with Gasteiger partial charge < -0.3 is 15.0 Å². The number of benzene rings is 3. The van der Waals surface area contributed by atoms with Crippen molar-refractivity contribution in [3.8, 4) is 5.75 Å². The zero-order valence-electron chi connectivity index (χ0n) is 24.3. The number of methoxy groups -OCH3 is 1. The van der Waals surface area contributed by atoms with E-state index in [2.05, 4.69) is 65.4 Å². The summed E-state index contributed by atoms with van der Waals surface area (Å²) in [6.45, 7) is 5.35. The molecule has 0 radical (unpaired) electrons. The van der Waals surface area contributed by atoms with Gasteiger partial charge >= 0.3 is 0 Å². The minimum atomic E-state index is -0.812. The van der Waals surface area contributed by atoms with Crippen LogP contribution in [0.5, 0.6) is 5.75 Å². The van der Waals surface area contributed by atoms with Crippen molar-refractivity contribution in [2.75, 3.05) is 20.2 Å². The van der Waals surface area contributed by atoms with Crippen molar-refractivity contribution in [3.05, 3.63) is 138 Å². The number of rotatable bonds is 7. The van der Waals surface area contributed by atoms with Gasteiger partial charge in [-0.25, -0.2) is 0 Å². The Morgan fingerprint density at radius 1 is 0.977 bits per heavy atom. The Balaban J connectivity index is 1.35. The van der Waals surface area contributed by atoms with E-state index in [4.69, 9.17) is 4.74 Å². The molecule has 1 saturated carbocycles. The van der Waals surface area contributed by atoms with Crippen LogP contribution >= 0.6 is 0 Å². The van der Waals surface area contributed by atoms with Crippen molar-refractivity contribution in [2.24, 2.45) is 11.3 Å². The molecule has 6 nitrogen and oxygen atoms in total. The van der Waals surface area contributed by atoms with E-state index in [1.807, 2.05) is 53.4 Å². The molecular formula is C37H35N3O3. The lowest BCUT2D eigenvalue weighted by Gasteiger charge is -2.60. The lowest BCUT2D eigenvalue weighted by molar-refractivity contribution is -0.139. The van der Waals surface area contributed by atoms with Gasteiger partial charge in [0.15, 0.2) is 0 Å². The Labute approximate surface area is 252 Å². The van der Waals surface area contributed by atoms with Gasteiger partial charge in [-0.3, -0.25) is 14.6 Å². The summed E-state index contributed by atoms with van der Waals surface area (Å²) in [5.41, 5.74) is 4.34. The molecule has 6 heteroatoms. The van der Waals surface area contributed by atoms with Crippen molar-refractivity contribution in [2.45, 2.75) is 30.7 Å². The summed E-state index contributed by atoms with van der Waals surface area (Å²) in [6, 6.07) is 32.4. The lowest BCUT2D eigenvalue weighted by atomic mass is 9.42. The van der Waals surface area contributed by atoms with Gasteiger partial charge in [0.05, 0.1) is 24.8 Å². The van der Waals surface area contributed by atoms with Crippen LogP contribution in [0.2, 0.25) is 0 Å². The van der Waals surface area contributed by atoms with Crippen molar-refractivity contribution >= 4 is 17.4 Å². The average molecular weight is 570 g/mol. The highest BCUT2D eigenvalue weighted by Gasteiger charge is 2.70. The third-order valence-electron chi connectivity index (χ3n) is 10.2. The van der Waals surface area contributed by atoms with Gasteiger partial charge in [0.1, 0.15) is 5.75 Å². The molecule has 0 spiro atoms. The van der Waals surface area contributed by atoms with Crippen LogP contribution in [0, 0.1) is 11.3 Å². The predicted octanol–water partition coefficient (Wildman–Crippen LogP) is 5.74. The Kier molecular flexibility index (Phi) is 6.65. The molecule has 1 aliphatic heterocycles. The van der Waals surface area contributed by atoms with E-state index in [0.29, 0.717) is 36.5 Å². The number of hydrogen-bond acceptors (Lipinski definition) is 4. The summed E-state index contributed by atoms with van der Waals surface area (Å²) in [7, 11) is 1.60. The second kappa shape index (κ2) is 10.5. The van der Waals surface area contributed by atoms with Crippen LogP contribution in [-0.4, -0.2) is 41.9 Å². The number of hydrogen-bond donors (Lipinski definition) is 1. The SMILES string of the molecule is C=C(C(=O)N1C[C@H]2[C@@]3(c4ccccc4)CC[C@H](c4ccccc43)[C@@]2(C(=O)NCc2ccccn2)C1)c1ccccc1OC. The van der Waals surface area contributed by atoms with Crippen LogP contribution in [-0.2, 0) is 21.5 Å². The summed E-state index contributed by atoms with van der Waals surface area (Å²) in [6.07, 6.45) is 3.54. The molecule has 8 rings (SSSR count). The molecule has 1 saturated heterocycles. The number of likely N-dealkylation sites (tertiary alicyclic amines) is 1.